The van der Waals surface area contributed by atoms with E-state index in [1.54, 1.807) is 7.05 Å². The maximum absolute atomic E-state index is 7.29. The summed E-state index contributed by atoms with van der Waals surface area (Å²) in [4.78, 5) is 9.37. The smallest absolute Gasteiger partial charge is 0.189 e. The number of nitrogens with one attached hydrogen (secondary N) is 4. The number of ether oxygens (including phenoxy) is 2. The van der Waals surface area contributed by atoms with E-state index in [1.807, 2.05) is 50.4 Å². The van der Waals surface area contributed by atoms with Crippen LogP contribution in [0.2, 0.25) is 0 Å². The van der Waals surface area contributed by atoms with Gasteiger partial charge in [-0.1, -0.05) is 79.5 Å². The highest BCUT2D eigenvalue weighted by atomic mass is 16.5. The monoisotopic (exact) mass is 561 g/mol. The number of aromatic nitrogens is 1. The first-order valence-electron chi connectivity index (χ1n) is 14.9. The zero-order valence-electron chi connectivity index (χ0n) is 26.6. The van der Waals surface area contributed by atoms with Crippen LogP contribution in [-0.2, 0) is 9.47 Å². The molecule has 0 unspecified atom stereocenters. The maximum Gasteiger partial charge on any atom is 0.189 e. The van der Waals surface area contributed by atoms with Gasteiger partial charge in [-0.2, -0.15) is 0 Å². The number of para-hydroxylation sites is 1. The minimum absolute atomic E-state index is 0.480. The summed E-state index contributed by atoms with van der Waals surface area (Å²) in [6, 6.07) is 7.97. The van der Waals surface area contributed by atoms with Crippen LogP contribution in [0.25, 0.3) is 10.9 Å². The molecule has 1 aliphatic heterocycles. The van der Waals surface area contributed by atoms with Crippen molar-refractivity contribution in [3.05, 3.63) is 42.4 Å². The van der Waals surface area contributed by atoms with Crippen molar-refractivity contribution in [3.8, 4) is 0 Å². The number of amidine groups is 1. The third kappa shape index (κ3) is 20.1. The number of aromatic amines is 1. The van der Waals surface area contributed by atoms with Gasteiger partial charge in [0.15, 0.2) is 5.88 Å². The number of rotatable bonds is 10. The molecule has 0 radical (unpaired) electrons. The number of hydrogen-bond acceptors (Lipinski definition) is 7. The van der Waals surface area contributed by atoms with Gasteiger partial charge in [0, 0.05) is 50.3 Å². The van der Waals surface area contributed by atoms with Crippen molar-refractivity contribution < 1.29 is 9.47 Å². The molecule has 0 atom stereocenters. The number of nitrogens with zero attached hydrogens (tertiary/aromatic N) is 2. The predicted molar refractivity (Wildman–Crippen MR) is 176 cm³/mol. The molecule has 230 valence electrons. The summed E-state index contributed by atoms with van der Waals surface area (Å²) >= 11 is 0. The molecule has 1 saturated heterocycles. The molecule has 0 aliphatic carbocycles. The third-order valence-corrected chi connectivity index (χ3v) is 4.88. The van der Waals surface area contributed by atoms with E-state index in [9.17, 15) is 0 Å². The first-order valence-corrected chi connectivity index (χ1v) is 14.9. The summed E-state index contributed by atoms with van der Waals surface area (Å²) in [7, 11) is 1.65. The second-order valence-corrected chi connectivity index (χ2v) is 8.66. The Morgan fingerprint density at radius 2 is 1.75 bits per heavy atom. The predicted octanol–water partition coefficient (Wildman–Crippen LogP) is 6.05. The van der Waals surface area contributed by atoms with Crippen LogP contribution in [0, 0.1) is 5.41 Å². The highest BCUT2D eigenvalue weighted by Crippen LogP contribution is 2.18. The first-order chi connectivity index (χ1) is 19.5. The van der Waals surface area contributed by atoms with Crippen LogP contribution in [0.1, 0.15) is 67.7 Å². The lowest BCUT2D eigenvalue weighted by molar-refractivity contribution is 0.0269. The lowest BCUT2D eigenvalue weighted by atomic mass is 10.2. The van der Waals surface area contributed by atoms with Crippen molar-refractivity contribution in [1.29, 1.82) is 5.41 Å². The zero-order chi connectivity index (χ0) is 30.4. The van der Waals surface area contributed by atoms with Gasteiger partial charge in [0.05, 0.1) is 25.1 Å². The Kier molecular flexibility index (Phi) is 28.6. The Balaban J connectivity index is 0. The van der Waals surface area contributed by atoms with Crippen molar-refractivity contribution >= 4 is 28.6 Å². The molecule has 6 N–H and O–H groups in total. The molecule has 2 aromatic rings. The molecule has 0 saturated carbocycles. The molecule has 1 aromatic carbocycles. The Morgan fingerprint density at radius 1 is 1.12 bits per heavy atom. The molecular weight excluding hydrogens is 502 g/mol. The number of nitrogen functional groups attached to an aromatic ring is 1. The molecular formula is C31H59N7O2. The van der Waals surface area contributed by atoms with Gasteiger partial charge < -0.3 is 36.2 Å². The van der Waals surface area contributed by atoms with Crippen LogP contribution in [0.5, 0.6) is 0 Å². The number of H-pyrrole nitrogens is 1. The van der Waals surface area contributed by atoms with E-state index in [2.05, 4.69) is 60.1 Å². The Labute approximate surface area is 244 Å². The van der Waals surface area contributed by atoms with E-state index in [4.69, 9.17) is 20.6 Å². The van der Waals surface area contributed by atoms with Gasteiger partial charge in [-0.15, -0.1) is 0 Å². The van der Waals surface area contributed by atoms with E-state index in [1.165, 1.54) is 19.1 Å². The summed E-state index contributed by atoms with van der Waals surface area (Å²) in [6.45, 7) is 21.3. The maximum atomic E-state index is 7.29. The number of aliphatic imine (C=N–C) groups is 1. The minimum atomic E-state index is 0.480. The van der Waals surface area contributed by atoms with Crippen LogP contribution in [0.4, 0.5) is 5.69 Å². The summed E-state index contributed by atoms with van der Waals surface area (Å²) in [6.07, 6.45) is 8.53. The van der Waals surface area contributed by atoms with Gasteiger partial charge in [0.1, 0.15) is 12.4 Å². The van der Waals surface area contributed by atoms with E-state index in [-0.39, 0.29) is 0 Å². The molecule has 40 heavy (non-hydrogen) atoms. The van der Waals surface area contributed by atoms with Crippen LogP contribution in [0.15, 0.2) is 47.4 Å². The third-order valence-electron chi connectivity index (χ3n) is 4.88. The highest BCUT2D eigenvalue weighted by Gasteiger charge is 2.10. The van der Waals surface area contributed by atoms with Crippen molar-refractivity contribution in [2.75, 3.05) is 65.3 Å². The molecule has 9 nitrogen and oxygen atoms in total. The summed E-state index contributed by atoms with van der Waals surface area (Å²) < 4.78 is 11.1. The van der Waals surface area contributed by atoms with Crippen LogP contribution in [0.3, 0.4) is 0 Å². The van der Waals surface area contributed by atoms with Crippen molar-refractivity contribution in [2.24, 2.45) is 4.99 Å². The van der Waals surface area contributed by atoms with Crippen LogP contribution in [-0.4, -0.2) is 81.5 Å². The van der Waals surface area contributed by atoms with Gasteiger partial charge in [0.25, 0.3) is 0 Å². The average Bonchev–Trinajstić information content (AvgIpc) is 3.37. The lowest BCUT2D eigenvalue weighted by Gasteiger charge is -2.26. The standard InChI is InChI=1S/C15H29N5O2.C8H8N2.2C3H8.C2H6/c1-3-5-18-6-4-15(19-14(13-16)17-2)22-12-9-20-7-10-21-11-8-20;9-7-5-10-8-4-2-1-3-6(7)8;2*1-3-2;1-2/h4,13,16,18H,3,5-12H2,1-2H3,(H,17,19);1-5,10H,9H2;2*3H2,1-2H3;1-2H3/b15-4+,16-13?;;;;. The fraction of sp³-hybridized carbons (Fsp3) is 0.613. The largest absolute Gasteiger partial charge is 0.478 e. The topological polar surface area (TPSA) is 124 Å². The average molecular weight is 562 g/mol. The molecule has 0 amide bonds. The van der Waals surface area contributed by atoms with Gasteiger partial charge in [0.2, 0.25) is 0 Å². The van der Waals surface area contributed by atoms with Gasteiger partial charge in [-0.25, -0.2) is 0 Å². The fourth-order valence-corrected chi connectivity index (χ4v) is 3.08. The number of morpholine rings is 1. The van der Waals surface area contributed by atoms with Gasteiger partial charge in [-0.05, 0) is 25.1 Å². The molecule has 3 rings (SSSR count). The SMILES string of the molecule is CC.CCC.CCC.CCCNC/C=C(\NC(C=N)=NC)OCCN1CCOCC1.Nc1c[nH]c2ccccc12. The molecule has 2 heterocycles. The molecule has 0 spiro atoms. The Bertz CT molecular complexity index is 889. The fourth-order valence-electron chi connectivity index (χ4n) is 3.08. The second kappa shape index (κ2) is 29.1. The lowest BCUT2D eigenvalue weighted by Crippen LogP contribution is -2.38. The van der Waals surface area contributed by atoms with E-state index in [0.29, 0.717) is 18.3 Å². The highest BCUT2D eigenvalue weighted by molar-refractivity contribution is 6.28. The number of anilines is 1. The minimum Gasteiger partial charge on any atom is -0.478 e. The van der Waals surface area contributed by atoms with Gasteiger partial charge >= 0.3 is 0 Å². The second-order valence-electron chi connectivity index (χ2n) is 8.66. The van der Waals surface area contributed by atoms with E-state index < -0.39 is 0 Å². The van der Waals surface area contributed by atoms with E-state index >= 15 is 0 Å². The summed E-state index contributed by atoms with van der Waals surface area (Å²) in [5, 5.41) is 14.7. The molecule has 1 aliphatic rings. The van der Waals surface area contributed by atoms with Crippen molar-refractivity contribution in [1.82, 2.24) is 20.5 Å². The molecule has 0 bridgehead atoms. The van der Waals surface area contributed by atoms with Crippen molar-refractivity contribution in [2.45, 2.75) is 67.7 Å². The Hall–Kier alpha value is -2.88. The summed E-state index contributed by atoms with van der Waals surface area (Å²) in [5.74, 6) is 1.12. The van der Waals surface area contributed by atoms with E-state index in [0.717, 1.165) is 68.9 Å². The van der Waals surface area contributed by atoms with Crippen LogP contribution >= 0.6 is 0 Å². The van der Waals surface area contributed by atoms with Crippen molar-refractivity contribution in [3.63, 3.8) is 0 Å². The van der Waals surface area contributed by atoms with Crippen LogP contribution < -0.4 is 16.4 Å². The zero-order valence-corrected chi connectivity index (χ0v) is 26.6. The molecule has 1 fully saturated rings. The summed E-state index contributed by atoms with van der Waals surface area (Å²) in [5.41, 5.74) is 7.56. The number of nitrogens with two attached hydrogens (primary N) is 1. The van der Waals surface area contributed by atoms with Gasteiger partial charge in [-0.3, -0.25) is 9.89 Å². The quantitative estimate of drug-likeness (QED) is 0.104. The number of benzene rings is 1. The number of fused-ring (bicyclic) bond motifs is 1. The molecule has 9 heteroatoms. The first kappa shape index (κ1) is 39.3. The molecule has 1 aromatic heterocycles. The number of hydrogen-bond donors (Lipinski definition) is 5. The normalized spacial score (nSPS) is 13.2. The Morgan fingerprint density at radius 3 is 2.30 bits per heavy atom.